The lowest BCUT2D eigenvalue weighted by molar-refractivity contribution is 0.584. The molecule has 9 rings (SSSR count). The molecule has 0 atom stereocenters. The van der Waals surface area contributed by atoms with Crippen molar-refractivity contribution in [2.75, 3.05) is 0 Å². The van der Waals surface area contributed by atoms with Crippen molar-refractivity contribution < 1.29 is 4.80 Å². The third-order valence-electron chi connectivity index (χ3n) is 9.48. The van der Waals surface area contributed by atoms with Crippen molar-refractivity contribution >= 4 is 88.5 Å². The average molecular weight is 577 g/mol. The van der Waals surface area contributed by atoms with Crippen LogP contribution in [0, 0.1) is 0 Å². The largest absolute Gasteiger partial charge is 0.421 e. The first kappa shape index (κ1) is 25.2. The zero-order valence-corrected chi connectivity index (χ0v) is 25.0. The fourth-order valence-electron chi connectivity index (χ4n) is 7.52. The number of fused-ring (bicyclic) bond motifs is 9. The van der Waals surface area contributed by atoms with Crippen molar-refractivity contribution in [3.63, 3.8) is 0 Å². The van der Waals surface area contributed by atoms with Crippen LogP contribution in [0.4, 0.5) is 0 Å². The summed E-state index contributed by atoms with van der Waals surface area (Å²) < 4.78 is 0. The lowest BCUT2D eigenvalue weighted by Crippen LogP contribution is -2.68. The van der Waals surface area contributed by atoms with Crippen molar-refractivity contribution in [1.29, 1.82) is 0 Å². The van der Waals surface area contributed by atoms with Crippen LogP contribution in [0.25, 0.3) is 64.6 Å². The van der Waals surface area contributed by atoms with Crippen LogP contribution in [-0.4, -0.2) is 13.1 Å². The molecule has 0 amide bonds. The van der Waals surface area contributed by atoms with E-state index in [0.29, 0.717) is 0 Å². The predicted octanol–water partition coefficient (Wildman–Crippen LogP) is 8.57. The zero-order valence-electron chi connectivity index (χ0n) is 24.0. The molecule has 0 aromatic heterocycles. The minimum atomic E-state index is -3.72. The molecule has 0 unspecified atom stereocenters. The summed E-state index contributed by atoms with van der Waals surface area (Å²) in [5, 5.41) is 16.9. The highest BCUT2D eigenvalue weighted by Crippen LogP contribution is 2.31. The Balaban J connectivity index is 1.54. The van der Waals surface area contributed by atoms with Gasteiger partial charge in [-0.3, -0.25) is 0 Å². The van der Waals surface area contributed by atoms with Gasteiger partial charge in [-0.25, -0.2) is 0 Å². The smallest absolute Gasteiger partial charge is 0.287 e. The molecule has 0 aliphatic rings. The number of hydrogen-bond acceptors (Lipinski definition) is 1. The Kier molecular flexibility index (Phi) is 5.52. The molecule has 2 heteroatoms. The maximum atomic E-state index is 14.1. The quantitative estimate of drug-likeness (QED) is 0.127. The summed E-state index contributed by atoms with van der Waals surface area (Å²) in [6, 6.07) is 58.4. The molecule has 0 bridgehead atoms. The van der Waals surface area contributed by atoms with E-state index in [9.17, 15) is 4.80 Å². The Morgan fingerprint density at radius 1 is 0.273 bits per heavy atom. The van der Waals surface area contributed by atoms with E-state index in [2.05, 4.69) is 164 Å². The highest BCUT2D eigenvalue weighted by molar-refractivity contribution is 7.10. The maximum absolute atomic E-state index is 14.1. The van der Waals surface area contributed by atoms with Gasteiger partial charge in [0.15, 0.2) is 0 Å². The van der Waals surface area contributed by atoms with Crippen LogP contribution < -0.4 is 15.6 Å². The molecule has 0 heterocycles. The molecule has 0 aliphatic carbocycles. The van der Waals surface area contributed by atoms with Gasteiger partial charge in [-0.05, 0) is 80.2 Å². The Hall–Kier alpha value is -5.28. The van der Waals surface area contributed by atoms with E-state index in [1.165, 1.54) is 32.3 Å². The third-order valence-corrected chi connectivity index (χ3v) is 13.1. The second-order valence-corrected chi connectivity index (χ2v) is 14.8. The summed E-state index contributed by atoms with van der Waals surface area (Å²) in [4.78, 5) is 14.1. The minimum Gasteiger partial charge on any atom is -0.421 e. The first-order valence-electron chi connectivity index (χ1n) is 15.2. The standard InChI is InChI=1S/C42H28OSi/c43-44(37-19-7-13-31-25-22-28-10-1-4-16-34(28)40(31)37,38-20-8-14-32-26-23-29-11-2-5-17-35(29)41(32)38)39-21-9-15-33-27-24-30-12-3-6-18-36(30)42(33)39/h1-27,43H. The van der Waals surface area contributed by atoms with Gasteiger partial charge in [0.1, 0.15) is 0 Å². The fourth-order valence-corrected chi connectivity index (χ4v) is 11.3. The Morgan fingerprint density at radius 3 is 0.886 bits per heavy atom. The van der Waals surface area contributed by atoms with E-state index >= 15 is 0 Å². The molecular weight excluding hydrogens is 549 g/mol. The molecule has 9 aromatic carbocycles. The van der Waals surface area contributed by atoms with E-state index < -0.39 is 8.32 Å². The van der Waals surface area contributed by atoms with Crippen LogP contribution in [-0.2, 0) is 0 Å². The van der Waals surface area contributed by atoms with Crippen LogP contribution >= 0.6 is 0 Å². The van der Waals surface area contributed by atoms with E-state index in [-0.39, 0.29) is 0 Å². The molecule has 0 radical (unpaired) electrons. The highest BCUT2D eigenvalue weighted by atomic mass is 28.4. The third kappa shape index (κ3) is 3.56. The summed E-state index contributed by atoms with van der Waals surface area (Å²) >= 11 is 0. The molecule has 0 saturated carbocycles. The topological polar surface area (TPSA) is 20.2 Å². The van der Waals surface area contributed by atoms with E-state index in [4.69, 9.17) is 0 Å². The van der Waals surface area contributed by atoms with Crippen LogP contribution in [0.2, 0.25) is 0 Å². The van der Waals surface area contributed by atoms with Gasteiger partial charge in [0.2, 0.25) is 0 Å². The second kappa shape index (κ2) is 9.62. The van der Waals surface area contributed by atoms with E-state index in [1.54, 1.807) is 0 Å². The molecule has 9 aromatic rings. The molecule has 0 fully saturated rings. The van der Waals surface area contributed by atoms with Gasteiger partial charge in [-0.2, -0.15) is 0 Å². The van der Waals surface area contributed by atoms with Gasteiger partial charge in [0, 0.05) is 0 Å². The summed E-state index contributed by atoms with van der Waals surface area (Å²) in [6.07, 6.45) is 0. The highest BCUT2D eigenvalue weighted by Gasteiger charge is 2.43. The Labute approximate surface area is 256 Å². The molecule has 1 N–H and O–H groups in total. The SMILES string of the molecule is O[Si](c1cccc2ccc3ccccc3c12)(c1cccc2ccc3ccccc3c12)c1cccc2ccc3ccccc3c12. The molecule has 44 heavy (non-hydrogen) atoms. The average Bonchev–Trinajstić information content (AvgIpc) is 3.10. The summed E-state index contributed by atoms with van der Waals surface area (Å²) in [5.41, 5.74) is 0. The lowest BCUT2D eigenvalue weighted by Gasteiger charge is -2.31. The first-order valence-corrected chi connectivity index (χ1v) is 17.1. The van der Waals surface area contributed by atoms with Crippen LogP contribution in [0.3, 0.4) is 0 Å². The van der Waals surface area contributed by atoms with Crippen molar-refractivity contribution in [3.05, 3.63) is 164 Å². The normalized spacial score (nSPS) is 12.2. The summed E-state index contributed by atoms with van der Waals surface area (Å²) in [7, 11) is -3.72. The summed E-state index contributed by atoms with van der Waals surface area (Å²) in [5.74, 6) is 0. The Bertz CT molecular complexity index is 2300. The number of benzene rings is 9. The Morgan fingerprint density at radius 2 is 0.545 bits per heavy atom. The van der Waals surface area contributed by atoms with E-state index in [1.807, 2.05) is 0 Å². The maximum Gasteiger partial charge on any atom is 0.287 e. The van der Waals surface area contributed by atoms with Gasteiger partial charge in [-0.1, -0.05) is 164 Å². The zero-order chi connectivity index (χ0) is 29.3. The molecule has 0 spiro atoms. The van der Waals surface area contributed by atoms with E-state index in [0.717, 1.165) is 47.9 Å². The molecule has 1 nitrogen and oxygen atoms in total. The van der Waals surface area contributed by atoms with Gasteiger partial charge >= 0.3 is 0 Å². The molecule has 0 aliphatic heterocycles. The lowest BCUT2D eigenvalue weighted by atomic mass is 10.0. The van der Waals surface area contributed by atoms with Crippen molar-refractivity contribution in [2.45, 2.75) is 0 Å². The molecule has 206 valence electrons. The van der Waals surface area contributed by atoms with Crippen molar-refractivity contribution in [3.8, 4) is 0 Å². The predicted molar refractivity (Wildman–Crippen MR) is 191 cm³/mol. The van der Waals surface area contributed by atoms with Gasteiger partial charge in [0.25, 0.3) is 8.32 Å². The molecule has 0 saturated heterocycles. The monoisotopic (exact) mass is 576 g/mol. The van der Waals surface area contributed by atoms with Gasteiger partial charge in [0.05, 0.1) is 0 Å². The first-order chi connectivity index (χ1) is 21.7. The van der Waals surface area contributed by atoms with Crippen molar-refractivity contribution in [1.82, 2.24) is 0 Å². The van der Waals surface area contributed by atoms with Crippen LogP contribution in [0.15, 0.2) is 164 Å². The number of hydrogen-bond donors (Lipinski definition) is 1. The number of rotatable bonds is 3. The molecular formula is C42H28OSi. The summed E-state index contributed by atoms with van der Waals surface area (Å²) in [6.45, 7) is 0. The second-order valence-electron chi connectivity index (χ2n) is 11.8. The minimum absolute atomic E-state index is 1.02. The van der Waals surface area contributed by atoms with Crippen LogP contribution in [0.1, 0.15) is 0 Å². The van der Waals surface area contributed by atoms with Gasteiger partial charge < -0.3 is 4.80 Å². The fraction of sp³-hybridized carbons (Fsp3) is 0. The van der Waals surface area contributed by atoms with Gasteiger partial charge in [-0.15, -0.1) is 0 Å². The van der Waals surface area contributed by atoms with Crippen molar-refractivity contribution in [2.24, 2.45) is 0 Å². The van der Waals surface area contributed by atoms with Crippen LogP contribution in [0.5, 0.6) is 0 Å².